The number of unbranched alkanes of at least 4 members (excludes halogenated alkanes) is 3. The minimum Gasteiger partial charge on any atom is -0.399 e. The fraction of sp³-hybridized carbons (Fsp3) is 0.368. The van der Waals surface area contributed by atoms with Gasteiger partial charge in [-0.25, -0.2) is 0 Å². The number of anilines is 2. The molecule has 0 fully saturated rings. The van der Waals surface area contributed by atoms with Crippen molar-refractivity contribution < 1.29 is 0 Å². The number of hydrogen-bond acceptors (Lipinski definition) is 2. The number of rotatable bonds is 14. The molecule has 0 saturated carbocycles. The Morgan fingerprint density at radius 3 is 1.30 bits per heavy atom. The zero-order valence-corrected chi connectivity index (χ0v) is 24.8. The number of hydrogen-bond donors (Lipinski definition) is 2. The molecule has 0 heterocycles. The second kappa shape index (κ2) is 14.7. The lowest BCUT2D eigenvalue weighted by atomic mass is 9.83. The van der Waals surface area contributed by atoms with E-state index in [0.29, 0.717) is 17.8 Å². The van der Waals surface area contributed by atoms with Crippen molar-refractivity contribution >= 4 is 11.4 Å². The van der Waals surface area contributed by atoms with Crippen molar-refractivity contribution in [3.8, 4) is 0 Å². The maximum atomic E-state index is 5.94. The van der Waals surface area contributed by atoms with Crippen LogP contribution < -0.4 is 11.5 Å². The van der Waals surface area contributed by atoms with Crippen LogP contribution in [0.3, 0.4) is 0 Å². The van der Waals surface area contributed by atoms with Crippen LogP contribution >= 0.6 is 0 Å². The Balaban J connectivity index is 1.51. The van der Waals surface area contributed by atoms with Gasteiger partial charge in [-0.1, -0.05) is 119 Å². The minimum absolute atomic E-state index is 0.401. The van der Waals surface area contributed by atoms with Gasteiger partial charge in [0.1, 0.15) is 0 Å². The first-order valence-corrected chi connectivity index (χ1v) is 15.4. The molecule has 0 aromatic heterocycles. The molecule has 4 aromatic rings. The molecule has 210 valence electrons. The maximum Gasteiger partial charge on any atom is 0.0314 e. The Morgan fingerprint density at radius 2 is 0.875 bits per heavy atom. The standard InChI is InChI=1S/C38H48N2/c1-4-7-8-9-10-34(29-15-17-31(18-16-29)38(6-3)33-21-25-36(40)26-22-33)27-28-11-13-30(14-12-28)37(5-2)32-19-23-35(39)24-20-32/h11-26,34,37-38H,4-10,27,39-40H2,1-3H3. The van der Waals surface area contributed by atoms with E-state index in [1.165, 1.54) is 65.5 Å². The number of nitrogen functional groups attached to an aromatic ring is 2. The van der Waals surface area contributed by atoms with Gasteiger partial charge in [0.15, 0.2) is 0 Å². The molecule has 0 amide bonds. The largest absolute Gasteiger partial charge is 0.399 e. The van der Waals surface area contributed by atoms with Crippen molar-refractivity contribution in [2.24, 2.45) is 0 Å². The molecule has 3 atom stereocenters. The summed E-state index contributed by atoms with van der Waals surface area (Å²) < 4.78 is 0. The molecule has 4 aromatic carbocycles. The van der Waals surface area contributed by atoms with Crippen molar-refractivity contribution in [3.63, 3.8) is 0 Å². The van der Waals surface area contributed by atoms with E-state index in [1.807, 2.05) is 24.3 Å². The molecule has 3 unspecified atom stereocenters. The predicted molar refractivity (Wildman–Crippen MR) is 174 cm³/mol. The van der Waals surface area contributed by atoms with Crippen LogP contribution in [0.4, 0.5) is 11.4 Å². The Bertz CT molecular complexity index is 1270. The highest BCUT2D eigenvalue weighted by molar-refractivity contribution is 5.44. The second-order valence-corrected chi connectivity index (χ2v) is 11.4. The van der Waals surface area contributed by atoms with Crippen molar-refractivity contribution in [2.75, 3.05) is 11.5 Å². The lowest BCUT2D eigenvalue weighted by Gasteiger charge is -2.21. The Kier molecular flexibility index (Phi) is 10.9. The van der Waals surface area contributed by atoms with Gasteiger partial charge < -0.3 is 11.5 Å². The molecule has 0 spiro atoms. The van der Waals surface area contributed by atoms with Gasteiger partial charge in [-0.2, -0.15) is 0 Å². The minimum atomic E-state index is 0.401. The Hall–Kier alpha value is -3.52. The monoisotopic (exact) mass is 532 g/mol. The van der Waals surface area contributed by atoms with Crippen LogP contribution in [0.1, 0.15) is 117 Å². The fourth-order valence-corrected chi connectivity index (χ4v) is 6.16. The van der Waals surface area contributed by atoms with E-state index in [1.54, 1.807) is 0 Å². The third kappa shape index (κ3) is 7.78. The van der Waals surface area contributed by atoms with Crippen LogP contribution in [0.15, 0.2) is 97.1 Å². The molecule has 4 N–H and O–H groups in total. The third-order valence-corrected chi connectivity index (χ3v) is 8.57. The summed E-state index contributed by atoms with van der Waals surface area (Å²) in [4.78, 5) is 0. The van der Waals surface area contributed by atoms with Gasteiger partial charge >= 0.3 is 0 Å². The van der Waals surface area contributed by atoms with E-state index in [0.717, 1.165) is 30.6 Å². The smallest absolute Gasteiger partial charge is 0.0314 e. The molecule has 0 bridgehead atoms. The molecule has 0 aliphatic heterocycles. The molecule has 4 rings (SSSR count). The summed E-state index contributed by atoms with van der Waals surface area (Å²) in [5.74, 6) is 1.34. The summed E-state index contributed by atoms with van der Waals surface area (Å²) >= 11 is 0. The summed E-state index contributed by atoms with van der Waals surface area (Å²) in [5.41, 5.74) is 21.8. The van der Waals surface area contributed by atoms with Crippen molar-refractivity contribution in [1.29, 1.82) is 0 Å². The Labute approximate surface area is 242 Å². The SMILES string of the molecule is CCCCCCC(Cc1ccc(C(CC)c2ccc(N)cc2)cc1)c1ccc(C(CC)c2ccc(N)cc2)cc1. The van der Waals surface area contributed by atoms with Crippen LogP contribution in [-0.2, 0) is 6.42 Å². The fourth-order valence-electron chi connectivity index (χ4n) is 6.16. The molecule has 0 saturated heterocycles. The van der Waals surface area contributed by atoms with E-state index in [-0.39, 0.29) is 0 Å². The predicted octanol–water partition coefficient (Wildman–Crippen LogP) is 10.2. The first-order chi connectivity index (χ1) is 19.5. The number of benzene rings is 4. The van der Waals surface area contributed by atoms with E-state index < -0.39 is 0 Å². The summed E-state index contributed by atoms with van der Waals surface area (Å²) in [6.45, 7) is 6.82. The first-order valence-electron chi connectivity index (χ1n) is 15.4. The van der Waals surface area contributed by atoms with E-state index in [9.17, 15) is 0 Å². The van der Waals surface area contributed by atoms with Gasteiger partial charge in [-0.05, 0) is 89.2 Å². The summed E-state index contributed by atoms with van der Waals surface area (Å²) in [7, 11) is 0. The van der Waals surface area contributed by atoms with Crippen LogP contribution in [0.25, 0.3) is 0 Å². The molecule has 0 aliphatic rings. The van der Waals surface area contributed by atoms with Crippen molar-refractivity contribution in [1.82, 2.24) is 0 Å². The lowest BCUT2D eigenvalue weighted by molar-refractivity contribution is 0.551. The molecule has 2 nitrogen and oxygen atoms in total. The highest BCUT2D eigenvalue weighted by atomic mass is 14.5. The molecule has 0 aliphatic carbocycles. The molecule has 2 heteroatoms. The van der Waals surface area contributed by atoms with Crippen LogP contribution in [0, 0.1) is 0 Å². The van der Waals surface area contributed by atoms with Crippen molar-refractivity contribution in [3.05, 3.63) is 130 Å². The summed E-state index contributed by atoms with van der Waals surface area (Å²) in [6, 6.07) is 35.7. The van der Waals surface area contributed by atoms with Gasteiger partial charge in [0.2, 0.25) is 0 Å². The second-order valence-electron chi connectivity index (χ2n) is 11.4. The zero-order chi connectivity index (χ0) is 28.3. The van der Waals surface area contributed by atoms with Crippen LogP contribution in [0.2, 0.25) is 0 Å². The zero-order valence-electron chi connectivity index (χ0n) is 24.8. The highest BCUT2D eigenvalue weighted by Crippen LogP contribution is 2.33. The maximum absolute atomic E-state index is 5.94. The van der Waals surface area contributed by atoms with E-state index in [4.69, 9.17) is 11.5 Å². The van der Waals surface area contributed by atoms with Gasteiger partial charge in [-0.3, -0.25) is 0 Å². The number of nitrogens with two attached hydrogens (primary N) is 2. The van der Waals surface area contributed by atoms with Gasteiger partial charge in [0, 0.05) is 23.2 Å². The first kappa shape index (κ1) is 29.5. The topological polar surface area (TPSA) is 52.0 Å². The van der Waals surface area contributed by atoms with Crippen molar-refractivity contribution in [2.45, 2.75) is 89.9 Å². The molecular formula is C38H48N2. The Morgan fingerprint density at radius 1 is 0.475 bits per heavy atom. The molecular weight excluding hydrogens is 484 g/mol. The summed E-state index contributed by atoms with van der Waals surface area (Å²) in [5, 5.41) is 0. The lowest BCUT2D eigenvalue weighted by Crippen LogP contribution is -2.06. The molecule has 40 heavy (non-hydrogen) atoms. The van der Waals surface area contributed by atoms with Crippen LogP contribution in [-0.4, -0.2) is 0 Å². The van der Waals surface area contributed by atoms with E-state index >= 15 is 0 Å². The highest BCUT2D eigenvalue weighted by Gasteiger charge is 2.17. The molecule has 0 radical (unpaired) electrons. The third-order valence-electron chi connectivity index (χ3n) is 8.57. The average molecular weight is 533 g/mol. The van der Waals surface area contributed by atoms with Gasteiger partial charge in [0.25, 0.3) is 0 Å². The average Bonchev–Trinajstić information content (AvgIpc) is 2.98. The summed E-state index contributed by atoms with van der Waals surface area (Å²) in [6.07, 6.45) is 9.67. The van der Waals surface area contributed by atoms with Crippen LogP contribution in [0.5, 0.6) is 0 Å². The van der Waals surface area contributed by atoms with E-state index in [2.05, 4.69) is 93.6 Å². The quantitative estimate of drug-likeness (QED) is 0.125. The normalized spacial score (nSPS) is 13.6. The van der Waals surface area contributed by atoms with Gasteiger partial charge in [-0.15, -0.1) is 0 Å². The van der Waals surface area contributed by atoms with Gasteiger partial charge in [0.05, 0.1) is 0 Å².